The molecule has 1 N–H and O–H groups in total. The minimum Gasteiger partial charge on any atom is -0.313 e. The second-order valence-electron chi connectivity index (χ2n) is 4.32. The molecule has 0 heterocycles. The van der Waals surface area contributed by atoms with Crippen molar-refractivity contribution in [3.8, 4) is 12.3 Å². The van der Waals surface area contributed by atoms with Gasteiger partial charge in [-0.05, 0) is 24.7 Å². The normalized spacial score (nSPS) is 18.1. The highest BCUT2D eigenvalue weighted by Crippen LogP contribution is 2.35. The predicted molar refractivity (Wildman–Crippen MR) is 65.5 cm³/mol. The van der Waals surface area contributed by atoms with Crippen LogP contribution >= 0.6 is 11.8 Å². The lowest BCUT2D eigenvalue weighted by Crippen LogP contribution is -2.37. The largest absolute Gasteiger partial charge is 0.313 e. The molecule has 1 aliphatic rings. The van der Waals surface area contributed by atoms with Crippen LogP contribution in [-0.4, -0.2) is 24.1 Å². The minimum absolute atomic E-state index is 0.737. The molecule has 0 aromatic rings. The van der Waals surface area contributed by atoms with E-state index in [-0.39, 0.29) is 0 Å². The molecule has 1 aliphatic carbocycles. The van der Waals surface area contributed by atoms with Crippen LogP contribution in [0.1, 0.15) is 26.7 Å². The van der Waals surface area contributed by atoms with Crippen LogP contribution < -0.4 is 5.32 Å². The first kappa shape index (κ1) is 11.9. The van der Waals surface area contributed by atoms with E-state index in [0.29, 0.717) is 0 Å². The van der Waals surface area contributed by atoms with Crippen molar-refractivity contribution in [3.05, 3.63) is 0 Å². The fraction of sp³-hybridized carbons (Fsp3) is 0.833. The van der Waals surface area contributed by atoms with Gasteiger partial charge < -0.3 is 5.32 Å². The molecular formula is C12H21NS. The fourth-order valence-electron chi connectivity index (χ4n) is 1.83. The van der Waals surface area contributed by atoms with Crippen molar-refractivity contribution >= 4 is 11.8 Å². The van der Waals surface area contributed by atoms with E-state index in [1.807, 2.05) is 11.8 Å². The van der Waals surface area contributed by atoms with Gasteiger partial charge in [-0.25, -0.2) is 0 Å². The summed E-state index contributed by atoms with van der Waals surface area (Å²) in [5.41, 5.74) is 0. The van der Waals surface area contributed by atoms with Crippen LogP contribution in [0.2, 0.25) is 0 Å². The lowest BCUT2D eigenvalue weighted by atomic mass is 10.00. The van der Waals surface area contributed by atoms with E-state index in [0.717, 1.165) is 35.9 Å². The van der Waals surface area contributed by atoms with Gasteiger partial charge >= 0.3 is 0 Å². The molecule has 0 bridgehead atoms. The Morgan fingerprint density at radius 3 is 2.71 bits per heavy atom. The summed E-state index contributed by atoms with van der Waals surface area (Å²) in [7, 11) is 0. The molecule has 1 unspecified atom stereocenters. The van der Waals surface area contributed by atoms with Gasteiger partial charge in [-0.2, -0.15) is 0 Å². The van der Waals surface area contributed by atoms with Gasteiger partial charge in [0.2, 0.25) is 0 Å². The van der Waals surface area contributed by atoms with Gasteiger partial charge in [-0.1, -0.05) is 19.8 Å². The number of rotatable bonds is 7. The van der Waals surface area contributed by atoms with Crippen LogP contribution in [0.5, 0.6) is 0 Å². The van der Waals surface area contributed by atoms with Gasteiger partial charge in [0.05, 0.1) is 5.75 Å². The summed E-state index contributed by atoms with van der Waals surface area (Å²) >= 11 is 1.84. The van der Waals surface area contributed by atoms with Crippen LogP contribution in [-0.2, 0) is 0 Å². The number of thioether (sulfide) groups is 1. The average Bonchev–Trinajstić information content (AvgIpc) is 2.94. The first-order valence-electron chi connectivity index (χ1n) is 5.50. The van der Waals surface area contributed by atoms with Crippen molar-refractivity contribution < 1.29 is 0 Å². The molecule has 0 radical (unpaired) electrons. The molecule has 1 saturated carbocycles. The highest BCUT2D eigenvalue weighted by molar-refractivity contribution is 7.99. The summed E-state index contributed by atoms with van der Waals surface area (Å²) in [5.74, 6) is 6.35. The smallest absolute Gasteiger partial charge is 0.0545 e. The topological polar surface area (TPSA) is 12.0 Å². The molecule has 0 aromatic carbocycles. The van der Waals surface area contributed by atoms with Crippen LogP contribution in [0.25, 0.3) is 0 Å². The third-order valence-corrected chi connectivity index (χ3v) is 3.52. The summed E-state index contributed by atoms with van der Waals surface area (Å²) < 4.78 is 0. The maximum atomic E-state index is 5.19. The molecule has 0 spiro atoms. The van der Waals surface area contributed by atoms with Crippen LogP contribution in [0, 0.1) is 24.2 Å². The summed E-state index contributed by atoms with van der Waals surface area (Å²) in [6, 6.07) is 0.737. The SMILES string of the molecule is C#CCSCCNC(C(C)C)C1CC1. The van der Waals surface area contributed by atoms with E-state index in [4.69, 9.17) is 6.42 Å². The van der Waals surface area contributed by atoms with Crippen molar-refractivity contribution in [3.63, 3.8) is 0 Å². The van der Waals surface area contributed by atoms with Crippen molar-refractivity contribution in [1.29, 1.82) is 0 Å². The van der Waals surface area contributed by atoms with Crippen molar-refractivity contribution in [1.82, 2.24) is 5.32 Å². The van der Waals surface area contributed by atoms with Gasteiger partial charge in [0.25, 0.3) is 0 Å². The lowest BCUT2D eigenvalue weighted by molar-refractivity contribution is 0.369. The maximum Gasteiger partial charge on any atom is 0.0545 e. The molecule has 2 heteroatoms. The van der Waals surface area contributed by atoms with E-state index >= 15 is 0 Å². The van der Waals surface area contributed by atoms with Crippen LogP contribution in [0.4, 0.5) is 0 Å². The molecule has 0 aromatic heterocycles. The first-order valence-corrected chi connectivity index (χ1v) is 6.65. The molecule has 0 saturated heterocycles. The summed E-state index contributed by atoms with van der Waals surface area (Å²) in [4.78, 5) is 0. The quantitative estimate of drug-likeness (QED) is 0.512. The van der Waals surface area contributed by atoms with Crippen molar-refractivity contribution in [2.45, 2.75) is 32.7 Å². The summed E-state index contributed by atoms with van der Waals surface area (Å²) in [5, 5.41) is 3.65. The molecule has 1 fully saturated rings. The Kier molecular flexibility index (Phi) is 5.44. The van der Waals surface area contributed by atoms with Crippen LogP contribution in [0.3, 0.4) is 0 Å². The second-order valence-corrected chi connectivity index (χ2v) is 5.42. The van der Waals surface area contributed by atoms with E-state index in [9.17, 15) is 0 Å². The van der Waals surface area contributed by atoms with E-state index in [2.05, 4.69) is 25.1 Å². The maximum absolute atomic E-state index is 5.19. The number of terminal acetylenes is 1. The zero-order valence-electron chi connectivity index (χ0n) is 9.25. The summed E-state index contributed by atoms with van der Waals surface area (Å²) in [6.45, 7) is 5.72. The average molecular weight is 211 g/mol. The van der Waals surface area contributed by atoms with E-state index in [1.165, 1.54) is 12.8 Å². The standard InChI is InChI=1S/C12H21NS/c1-4-8-14-9-7-13-12(10(2)3)11-5-6-11/h1,10-13H,5-9H2,2-3H3. The summed E-state index contributed by atoms with van der Waals surface area (Å²) in [6.07, 6.45) is 8.03. The van der Waals surface area contributed by atoms with Gasteiger partial charge in [0, 0.05) is 18.3 Å². The Balaban J connectivity index is 2.05. The molecule has 80 valence electrons. The fourth-order valence-corrected chi connectivity index (χ4v) is 2.36. The molecule has 0 amide bonds. The van der Waals surface area contributed by atoms with Crippen LogP contribution in [0.15, 0.2) is 0 Å². The third-order valence-electron chi connectivity index (χ3n) is 2.66. The zero-order chi connectivity index (χ0) is 10.4. The van der Waals surface area contributed by atoms with Gasteiger partial charge in [0.1, 0.15) is 0 Å². The zero-order valence-corrected chi connectivity index (χ0v) is 10.1. The van der Waals surface area contributed by atoms with Gasteiger partial charge in [-0.3, -0.25) is 0 Å². The van der Waals surface area contributed by atoms with E-state index < -0.39 is 0 Å². The Labute approximate surface area is 92.4 Å². The predicted octanol–water partition coefficient (Wildman–Crippen LogP) is 2.38. The minimum atomic E-state index is 0.737. The first-order chi connectivity index (χ1) is 6.75. The van der Waals surface area contributed by atoms with Gasteiger partial charge in [0.15, 0.2) is 0 Å². The molecule has 1 nitrogen and oxygen atoms in total. The highest BCUT2D eigenvalue weighted by Gasteiger charge is 2.32. The highest BCUT2D eigenvalue weighted by atomic mass is 32.2. The van der Waals surface area contributed by atoms with E-state index in [1.54, 1.807) is 0 Å². The van der Waals surface area contributed by atoms with Crippen molar-refractivity contribution in [2.75, 3.05) is 18.1 Å². The molecular weight excluding hydrogens is 190 g/mol. The second kappa shape index (κ2) is 6.37. The molecule has 1 atom stereocenters. The number of hydrogen-bond donors (Lipinski definition) is 1. The Morgan fingerprint density at radius 1 is 1.50 bits per heavy atom. The molecule has 14 heavy (non-hydrogen) atoms. The third kappa shape index (κ3) is 4.39. The Bertz CT molecular complexity index is 189. The number of hydrogen-bond acceptors (Lipinski definition) is 2. The lowest BCUT2D eigenvalue weighted by Gasteiger charge is -2.21. The Morgan fingerprint density at radius 2 is 2.21 bits per heavy atom. The molecule has 1 rings (SSSR count). The monoisotopic (exact) mass is 211 g/mol. The Hall–Kier alpha value is -0.130. The number of nitrogens with one attached hydrogen (secondary N) is 1. The van der Waals surface area contributed by atoms with Gasteiger partial charge in [-0.15, -0.1) is 18.2 Å². The van der Waals surface area contributed by atoms with Crippen molar-refractivity contribution in [2.24, 2.45) is 11.8 Å². The molecule has 0 aliphatic heterocycles.